The zero-order chi connectivity index (χ0) is 11.4. The van der Waals surface area contributed by atoms with Crippen LogP contribution in [0.2, 0.25) is 0 Å². The lowest BCUT2D eigenvalue weighted by atomic mass is 9.98. The Morgan fingerprint density at radius 2 is 2.00 bits per heavy atom. The fraction of sp³-hybridized carbons (Fsp3) is 0.455. The van der Waals surface area contributed by atoms with Crippen molar-refractivity contribution in [2.45, 2.75) is 25.6 Å². The molecule has 0 heterocycles. The van der Waals surface area contributed by atoms with Crippen molar-refractivity contribution in [1.82, 2.24) is 0 Å². The van der Waals surface area contributed by atoms with Gasteiger partial charge in [-0.05, 0) is 36.6 Å². The Hall–Kier alpha value is -0.420. The Labute approximate surface area is 97.5 Å². The van der Waals surface area contributed by atoms with Crippen LogP contribution in [0.3, 0.4) is 0 Å². The Kier molecular flexibility index (Phi) is 4.73. The van der Waals surface area contributed by atoms with E-state index < -0.39 is 12.2 Å². The molecule has 15 heavy (non-hydrogen) atoms. The topological polar surface area (TPSA) is 60.7 Å². The summed E-state index contributed by atoms with van der Waals surface area (Å²) in [7, 11) is 0. The molecule has 2 atom stereocenters. The Bertz CT molecular complexity index is 328. The van der Waals surface area contributed by atoms with Crippen LogP contribution in [-0.4, -0.2) is 28.0 Å². The maximum absolute atomic E-state index is 9.82. The first-order valence-electron chi connectivity index (χ1n) is 4.79. The highest BCUT2D eigenvalue weighted by atomic mass is 79.9. The number of aliphatic hydroxyl groups excluding tert-OH is 3. The third-order valence-electron chi connectivity index (χ3n) is 2.34. The summed E-state index contributed by atoms with van der Waals surface area (Å²) in [6, 6.07) is 5.46. The van der Waals surface area contributed by atoms with Gasteiger partial charge >= 0.3 is 0 Å². The van der Waals surface area contributed by atoms with Crippen molar-refractivity contribution in [2.75, 3.05) is 6.61 Å². The fourth-order valence-corrected chi connectivity index (χ4v) is 1.94. The smallest absolute Gasteiger partial charge is 0.105 e. The van der Waals surface area contributed by atoms with Crippen LogP contribution in [0, 0.1) is 6.92 Å². The maximum atomic E-state index is 9.82. The number of benzene rings is 1. The predicted molar refractivity (Wildman–Crippen MR) is 61.5 cm³/mol. The molecule has 0 saturated heterocycles. The molecule has 84 valence electrons. The summed E-state index contributed by atoms with van der Waals surface area (Å²) >= 11 is 3.33. The summed E-state index contributed by atoms with van der Waals surface area (Å²) in [5, 5.41) is 28.0. The summed E-state index contributed by atoms with van der Waals surface area (Å²) in [5.41, 5.74) is 1.60. The van der Waals surface area contributed by atoms with E-state index in [1.807, 2.05) is 19.1 Å². The second-order valence-electron chi connectivity index (χ2n) is 3.53. The minimum Gasteiger partial charge on any atom is -0.396 e. The molecule has 0 spiro atoms. The van der Waals surface area contributed by atoms with Gasteiger partial charge in [-0.25, -0.2) is 0 Å². The molecule has 1 aromatic rings. The molecule has 0 fully saturated rings. The van der Waals surface area contributed by atoms with Gasteiger partial charge < -0.3 is 15.3 Å². The number of aliphatic hydroxyl groups is 3. The van der Waals surface area contributed by atoms with Crippen LogP contribution in [0.1, 0.15) is 23.7 Å². The number of hydrogen-bond acceptors (Lipinski definition) is 3. The summed E-state index contributed by atoms with van der Waals surface area (Å²) in [5.74, 6) is 0. The molecule has 0 saturated carbocycles. The van der Waals surface area contributed by atoms with E-state index in [4.69, 9.17) is 5.11 Å². The van der Waals surface area contributed by atoms with Gasteiger partial charge in [-0.1, -0.05) is 22.0 Å². The van der Waals surface area contributed by atoms with Crippen LogP contribution >= 0.6 is 15.9 Å². The van der Waals surface area contributed by atoms with E-state index in [9.17, 15) is 10.2 Å². The van der Waals surface area contributed by atoms with E-state index in [1.54, 1.807) is 6.07 Å². The van der Waals surface area contributed by atoms with Crippen molar-refractivity contribution >= 4 is 15.9 Å². The molecule has 2 unspecified atom stereocenters. The van der Waals surface area contributed by atoms with Crippen molar-refractivity contribution in [1.29, 1.82) is 0 Å². The molecule has 0 amide bonds. The maximum Gasteiger partial charge on any atom is 0.105 e. The van der Waals surface area contributed by atoms with E-state index in [1.165, 1.54) is 0 Å². The van der Waals surface area contributed by atoms with Crippen LogP contribution in [0.15, 0.2) is 22.7 Å². The second kappa shape index (κ2) is 5.61. The Balaban J connectivity index is 2.86. The van der Waals surface area contributed by atoms with Crippen LogP contribution in [0.5, 0.6) is 0 Å². The number of hydrogen-bond donors (Lipinski definition) is 3. The predicted octanol–water partition coefficient (Wildman–Crippen LogP) is 1.53. The first-order valence-corrected chi connectivity index (χ1v) is 5.58. The van der Waals surface area contributed by atoms with Gasteiger partial charge in [0.2, 0.25) is 0 Å². The molecule has 1 aromatic carbocycles. The largest absolute Gasteiger partial charge is 0.396 e. The van der Waals surface area contributed by atoms with Crippen LogP contribution < -0.4 is 0 Å². The zero-order valence-corrected chi connectivity index (χ0v) is 10.1. The molecule has 3 nitrogen and oxygen atoms in total. The first-order chi connectivity index (χ1) is 7.06. The minimum atomic E-state index is -0.940. The SMILES string of the molecule is Cc1cc(Br)ccc1C(O)C(O)CCO. The molecule has 0 aliphatic carbocycles. The van der Waals surface area contributed by atoms with Gasteiger partial charge in [-0.2, -0.15) is 0 Å². The van der Waals surface area contributed by atoms with Gasteiger partial charge in [0, 0.05) is 11.1 Å². The zero-order valence-electron chi connectivity index (χ0n) is 8.52. The summed E-state index contributed by atoms with van der Waals surface area (Å²) in [6.45, 7) is 1.74. The van der Waals surface area contributed by atoms with Gasteiger partial charge in [0.1, 0.15) is 6.10 Å². The molecule has 0 radical (unpaired) electrons. The van der Waals surface area contributed by atoms with Crippen molar-refractivity contribution in [3.05, 3.63) is 33.8 Å². The molecule has 4 heteroatoms. The fourth-order valence-electron chi connectivity index (χ4n) is 1.47. The highest BCUT2D eigenvalue weighted by molar-refractivity contribution is 9.10. The highest BCUT2D eigenvalue weighted by Crippen LogP contribution is 2.24. The van der Waals surface area contributed by atoms with Crippen LogP contribution in [0.25, 0.3) is 0 Å². The van der Waals surface area contributed by atoms with Gasteiger partial charge in [0.05, 0.1) is 6.10 Å². The van der Waals surface area contributed by atoms with Crippen molar-refractivity contribution < 1.29 is 15.3 Å². The van der Waals surface area contributed by atoms with E-state index in [-0.39, 0.29) is 13.0 Å². The third-order valence-corrected chi connectivity index (χ3v) is 2.83. The van der Waals surface area contributed by atoms with Crippen molar-refractivity contribution in [3.63, 3.8) is 0 Å². The Morgan fingerprint density at radius 3 is 2.53 bits per heavy atom. The van der Waals surface area contributed by atoms with Gasteiger partial charge in [0.15, 0.2) is 0 Å². The lowest BCUT2D eigenvalue weighted by Crippen LogP contribution is -2.20. The highest BCUT2D eigenvalue weighted by Gasteiger charge is 2.19. The summed E-state index contributed by atoms with van der Waals surface area (Å²) in [4.78, 5) is 0. The van der Waals surface area contributed by atoms with Gasteiger partial charge in [-0.15, -0.1) is 0 Å². The average Bonchev–Trinajstić information content (AvgIpc) is 2.17. The molecule has 0 bridgehead atoms. The number of halogens is 1. The molecule has 3 N–H and O–H groups in total. The van der Waals surface area contributed by atoms with E-state index >= 15 is 0 Å². The summed E-state index contributed by atoms with van der Waals surface area (Å²) < 4.78 is 0.938. The van der Waals surface area contributed by atoms with E-state index in [0.717, 1.165) is 10.0 Å². The van der Waals surface area contributed by atoms with Gasteiger partial charge in [0.25, 0.3) is 0 Å². The Morgan fingerprint density at radius 1 is 1.33 bits per heavy atom. The quantitative estimate of drug-likeness (QED) is 0.781. The summed E-state index contributed by atoms with van der Waals surface area (Å²) in [6.07, 6.45) is -1.68. The normalized spacial score (nSPS) is 15.0. The average molecular weight is 275 g/mol. The molecule has 0 aliphatic heterocycles. The third kappa shape index (κ3) is 3.28. The number of rotatable bonds is 4. The van der Waals surface area contributed by atoms with Crippen LogP contribution in [0.4, 0.5) is 0 Å². The van der Waals surface area contributed by atoms with E-state index in [0.29, 0.717) is 5.56 Å². The number of aryl methyl sites for hydroxylation is 1. The molecular weight excluding hydrogens is 260 g/mol. The lowest BCUT2D eigenvalue weighted by Gasteiger charge is -2.19. The first kappa shape index (κ1) is 12.6. The minimum absolute atomic E-state index is 0.131. The van der Waals surface area contributed by atoms with Crippen LogP contribution in [-0.2, 0) is 0 Å². The molecule has 0 aliphatic rings. The monoisotopic (exact) mass is 274 g/mol. The van der Waals surface area contributed by atoms with E-state index in [2.05, 4.69) is 15.9 Å². The molecule has 1 rings (SSSR count). The van der Waals surface area contributed by atoms with Crippen molar-refractivity contribution in [2.24, 2.45) is 0 Å². The molecule has 0 aromatic heterocycles. The standard InChI is InChI=1S/C11H15BrO3/c1-7-6-8(12)2-3-9(7)11(15)10(14)4-5-13/h2-3,6,10-11,13-15H,4-5H2,1H3. The van der Waals surface area contributed by atoms with Crippen molar-refractivity contribution in [3.8, 4) is 0 Å². The van der Waals surface area contributed by atoms with Gasteiger partial charge in [-0.3, -0.25) is 0 Å². The molecular formula is C11H15BrO3. The lowest BCUT2D eigenvalue weighted by molar-refractivity contribution is 0.00388. The second-order valence-corrected chi connectivity index (χ2v) is 4.44.